The Hall–Kier alpha value is -2.90. The van der Waals surface area contributed by atoms with Crippen LogP contribution in [0.25, 0.3) is 0 Å². The van der Waals surface area contributed by atoms with E-state index in [4.69, 9.17) is 0 Å². The van der Waals surface area contributed by atoms with Crippen molar-refractivity contribution in [3.05, 3.63) is 65.0 Å². The summed E-state index contributed by atoms with van der Waals surface area (Å²) < 4.78 is 38.8. The van der Waals surface area contributed by atoms with Gasteiger partial charge in [0.1, 0.15) is 0 Å². The number of piperidine rings is 1. The van der Waals surface area contributed by atoms with E-state index in [1.807, 2.05) is 17.0 Å². The van der Waals surface area contributed by atoms with Crippen molar-refractivity contribution in [3.8, 4) is 0 Å². The fraction of sp³-hybridized carbons (Fsp3) is 0.458. The van der Waals surface area contributed by atoms with Crippen molar-refractivity contribution in [2.75, 3.05) is 26.2 Å². The van der Waals surface area contributed by atoms with Gasteiger partial charge < -0.3 is 9.80 Å². The zero-order chi connectivity index (χ0) is 22.7. The zero-order valence-corrected chi connectivity index (χ0v) is 17.8. The largest absolute Gasteiger partial charge is 0.416 e. The molecule has 0 spiro atoms. The molecule has 2 fully saturated rings. The van der Waals surface area contributed by atoms with Gasteiger partial charge in [-0.1, -0.05) is 24.3 Å². The molecule has 3 heterocycles. The third-order valence-corrected chi connectivity index (χ3v) is 6.20. The molecule has 2 amide bonds. The molecule has 0 N–H and O–H groups in total. The number of aromatic nitrogens is 1. The number of pyridine rings is 1. The number of carbonyl (C=O) groups excluding carboxylic acids is 2. The number of alkyl halides is 3. The van der Waals surface area contributed by atoms with Gasteiger partial charge in [-0.3, -0.25) is 14.6 Å². The molecule has 32 heavy (non-hydrogen) atoms. The molecule has 2 aromatic rings. The standard InChI is InChI=1S/C24H26F3N3O2/c25-24(26,27)20-6-1-4-17(13-20)12-18-8-9-21(28-14-18)19-5-2-10-29(15-19)23(32)16-30-11-3-7-22(30)31/h1,4,6,8-9,13-14,19H,2-3,5,7,10-12,15-16H2/t19-/m1/s1. The van der Waals surface area contributed by atoms with Crippen LogP contribution in [0.2, 0.25) is 0 Å². The van der Waals surface area contributed by atoms with E-state index in [2.05, 4.69) is 4.98 Å². The summed E-state index contributed by atoms with van der Waals surface area (Å²) in [5, 5.41) is 0. The average molecular weight is 445 g/mol. The van der Waals surface area contributed by atoms with E-state index in [-0.39, 0.29) is 24.3 Å². The first kappa shape index (κ1) is 22.3. The van der Waals surface area contributed by atoms with Crippen LogP contribution in [-0.2, 0) is 22.2 Å². The molecule has 1 aromatic carbocycles. The summed E-state index contributed by atoms with van der Waals surface area (Å²) >= 11 is 0. The number of nitrogens with zero attached hydrogens (tertiary/aromatic N) is 3. The normalized spacial score (nSPS) is 19.5. The highest BCUT2D eigenvalue weighted by atomic mass is 19.4. The Bertz CT molecular complexity index is 975. The third-order valence-electron chi connectivity index (χ3n) is 6.20. The average Bonchev–Trinajstić information content (AvgIpc) is 3.18. The fourth-order valence-electron chi connectivity index (χ4n) is 4.45. The highest BCUT2D eigenvalue weighted by Gasteiger charge is 2.31. The summed E-state index contributed by atoms with van der Waals surface area (Å²) in [6.45, 7) is 2.05. The van der Waals surface area contributed by atoms with Crippen molar-refractivity contribution in [1.29, 1.82) is 0 Å². The van der Waals surface area contributed by atoms with E-state index in [9.17, 15) is 22.8 Å². The Kier molecular flexibility index (Phi) is 6.48. The second-order valence-corrected chi connectivity index (χ2v) is 8.56. The molecule has 0 unspecified atom stereocenters. The van der Waals surface area contributed by atoms with Gasteiger partial charge in [-0.25, -0.2) is 0 Å². The smallest absolute Gasteiger partial charge is 0.340 e. The molecule has 0 bridgehead atoms. The van der Waals surface area contributed by atoms with Crippen LogP contribution in [0, 0.1) is 0 Å². The predicted octanol–water partition coefficient (Wildman–Crippen LogP) is 4.02. The summed E-state index contributed by atoms with van der Waals surface area (Å²) in [5.74, 6) is 0.139. The van der Waals surface area contributed by atoms with Crippen molar-refractivity contribution in [2.24, 2.45) is 0 Å². The highest BCUT2D eigenvalue weighted by molar-refractivity contribution is 5.86. The lowest BCUT2D eigenvalue weighted by Crippen LogP contribution is -2.45. The predicted molar refractivity (Wildman–Crippen MR) is 113 cm³/mol. The molecule has 1 aromatic heterocycles. The second-order valence-electron chi connectivity index (χ2n) is 8.56. The Morgan fingerprint density at radius 3 is 2.62 bits per heavy atom. The van der Waals surface area contributed by atoms with E-state index in [0.717, 1.165) is 36.6 Å². The highest BCUT2D eigenvalue weighted by Crippen LogP contribution is 2.30. The lowest BCUT2D eigenvalue weighted by molar-refractivity contribution is -0.139. The van der Waals surface area contributed by atoms with Crippen molar-refractivity contribution in [3.63, 3.8) is 0 Å². The number of halogens is 3. The number of rotatable bonds is 5. The number of benzene rings is 1. The van der Waals surface area contributed by atoms with Crippen molar-refractivity contribution < 1.29 is 22.8 Å². The maximum atomic E-state index is 12.9. The van der Waals surface area contributed by atoms with E-state index < -0.39 is 11.7 Å². The number of carbonyl (C=O) groups is 2. The first-order valence-corrected chi connectivity index (χ1v) is 11.0. The number of hydrogen-bond acceptors (Lipinski definition) is 3. The number of hydrogen-bond donors (Lipinski definition) is 0. The minimum absolute atomic E-state index is 0.0221. The maximum absolute atomic E-state index is 12.9. The van der Waals surface area contributed by atoms with Crippen molar-refractivity contribution in [2.45, 2.75) is 44.2 Å². The van der Waals surface area contributed by atoms with Gasteiger partial charge in [-0.05, 0) is 48.9 Å². The Morgan fingerprint density at radius 1 is 1.09 bits per heavy atom. The number of likely N-dealkylation sites (tertiary alicyclic amines) is 2. The molecule has 1 atom stereocenters. The van der Waals surface area contributed by atoms with Gasteiger partial charge in [0.2, 0.25) is 11.8 Å². The van der Waals surface area contributed by atoms with Gasteiger partial charge in [0.25, 0.3) is 0 Å². The first-order chi connectivity index (χ1) is 15.3. The van der Waals surface area contributed by atoms with Gasteiger partial charge in [-0.2, -0.15) is 13.2 Å². The van der Waals surface area contributed by atoms with Crippen LogP contribution in [-0.4, -0.2) is 52.8 Å². The first-order valence-electron chi connectivity index (χ1n) is 11.0. The molecule has 0 aliphatic carbocycles. The van der Waals surface area contributed by atoms with Crippen molar-refractivity contribution >= 4 is 11.8 Å². The SMILES string of the molecule is O=C1CCCN1CC(=O)N1CCC[C@@H](c2ccc(Cc3cccc(C(F)(F)F)c3)cn2)C1. The van der Waals surface area contributed by atoms with E-state index >= 15 is 0 Å². The summed E-state index contributed by atoms with van der Waals surface area (Å²) in [4.78, 5) is 32.5. The summed E-state index contributed by atoms with van der Waals surface area (Å²) in [6, 6.07) is 9.14. The molecular weight excluding hydrogens is 419 g/mol. The molecular formula is C24H26F3N3O2. The van der Waals surface area contributed by atoms with E-state index in [0.29, 0.717) is 38.0 Å². The molecule has 0 radical (unpaired) electrons. The zero-order valence-electron chi connectivity index (χ0n) is 17.8. The summed E-state index contributed by atoms with van der Waals surface area (Å²) in [5.41, 5.74) is 1.65. The minimum atomic E-state index is -4.36. The summed E-state index contributed by atoms with van der Waals surface area (Å²) in [7, 11) is 0. The Balaban J connectivity index is 1.37. The van der Waals surface area contributed by atoms with Crippen LogP contribution in [0.1, 0.15) is 54.0 Å². The Morgan fingerprint density at radius 2 is 1.94 bits per heavy atom. The molecule has 0 saturated carbocycles. The van der Waals surface area contributed by atoms with E-state index in [1.54, 1.807) is 17.2 Å². The van der Waals surface area contributed by atoms with Crippen LogP contribution in [0.5, 0.6) is 0 Å². The molecule has 4 rings (SSSR count). The number of amides is 2. The lowest BCUT2D eigenvalue weighted by Gasteiger charge is -2.33. The van der Waals surface area contributed by atoms with Crippen LogP contribution in [0.15, 0.2) is 42.6 Å². The van der Waals surface area contributed by atoms with E-state index in [1.165, 1.54) is 12.1 Å². The van der Waals surface area contributed by atoms with Crippen LogP contribution < -0.4 is 0 Å². The molecule has 2 aliphatic heterocycles. The quantitative estimate of drug-likeness (QED) is 0.699. The molecule has 5 nitrogen and oxygen atoms in total. The van der Waals surface area contributed by atoms with Gasteiger partial charge in [0.05, 0.1) is 12.1 Å². The van der Waals surface area contributed by atoms with Gasteiger partial charge in [-0.15, -0.1) is 0 Å². The van der Waals surface area contributed by atoms with Crippen LogP contribution in [0.4, 0.5) is 13.2 Å². The molecule has 2 aliphatic rings. The molecule has 8 heteroatoms. The second kappa shape index (κ2) is 9.30. The lowest BCUT2D eigenvalue weighted by atomic mass is 9.93. The third kappa shape index (κ3) is 5.29. The van der Waals surface area contributed by atoms with Gasteiger partial charge in [0, 0.05) is 43.9 Å². The Labute approximate surface area is 185 Å². The minimum Gasteiger partial charge on any atom is -0.340 e. The summed E-state index contributed by atoms with van der Waals surface area (Å²) in [6.07, 6.45) is 0.850. The monoisotopic (exact) mass is 445 g/mol. The van der Waals surface area contributed by atoms with Gasteiger partial charge in [0.15, 0.2) is 0 Å². The molecule has 170 valence electrons. The van der Waals surface area contributed by atoms with Gasteiger partial charge >= 0.3 is 6.18 Å². The maximum Gasteiger partial charge on any atom is 0.416 e. The van der Waals surface area contributed by atoms with Crippen molar-refractivity contribution in [1.82, 2.24) is 14.8 Å². The molecule has 2 saturated heterocycles. The van der Waals surface area contributed by atoms with Crippen LogP contribution >= 0.6 is 0 Å². The topological polar surface area (TPSA) is 53.5 Å². The fourth-order valence-corrected chi connectivity index (χ4v) is 4.45. The van der Waals surface area contributed by atoms with Crippen LogP contribution in [0.3, 0.4) is 0 Å².